The molecule has 40 heavy (non-hydrogen) atoms. The molecule has 1 aliphatic carbocycles. The van der Waals surface area contributed by atoms with E-state index in [1.54, 1.807) is 17.2 Å². The van der Waals surface area contributed by atoms with Gasteiger partial charge in [-0.1, -0.05) is 18.2 Å². The first-order chi connectivity index (χ1) is 19.4. The standard InChI is InChI=1S/C29H28N6O4S/c1-16-14-18(39-17-6-3-2-4-7-17)10-11-21(16)35-22-12-13-31-28-24(22)25(34-29(35)38)26(40-28)27(37)33-20-9-5-8-19(20)32-23(36)15-30/h2-4,6-7,10-14,19-20H,5,8-9,15,30H2,1H3,(H,32,36)(H,33,37)(H,34,38)/t19-,20-/m0/s1. The summed E-state index contributed by atoms with van der Waals surface area (Å²) in [5.74, 6) is 0.822. The lowest BCUT2D eigenvalue weighted by Gasteiger charge is -2.29. The lowest BCUT2D eigenvalue weighted by molar-refractivity contribution is -0.120. The summed E-state index contributed by atoms with van der Waals surface area (Å²) in [5, 5.41) is 9.60. The molecule has 204 valence electrons. The van der Waals surface area contributed by atoms with Crippen LogP contribution in [0.4, 0.5) is 21.9 Å². The minimum atomic E-state index is -0.374. The van der Waals surface area contributed by atoms with Crippen molar-refractivity contribution in [3.63, 3.8) is 0 Å². The maximum atomic E-state index is 13.5. The second-order valence-corrected chi connectivity index (χ2v) is 10.8. The van der Waals surface area contributed by atoms with Crippen LogP contribution in [0.2, 0.25) is 0 Å². The fraction of sp³-hybridized carbons (Fsp3) is 0.241. The number of carbonyl (C=O) groups is 3. The highest BCUT2D eigenvalue weighted by atomic mass is 32.1. The summed E-state index contributed by atoms with van der Waals surface area (Å²) in [6.07, 6.45) is 4.03. The predicted octanol–water partition coefficient (Wildman–Crippen LogP) is 4.81. The van der Waals surface area contributed by atoms with E-state index in [1.165, 1.54) is 11.3 Å². The molecule has 2 aromatic heterocycles. The number of thiophene rings is 1. The highest BCUT2D eigenvalue weighted by Crippen LogP contribution is 2.46. The summed E-state index contributed by atoms with van der Waals surface area (Å²) >= 11 is 1.23. The van der Waals surface area contributed by atoms with Gasteiger partial charge in [0.25, 0.3) is 5.91 Å². The molecule has 1 saturated carbocycles. The molecule has 1 fully saturated rings. The fourth-order valence-electron chi connectivity index (χ4n) is 5.36. The van der Waals surface area contributed by atoms with Gasteiger partial charge in [0.1, 0.15) is 21.2 Å². The molecule has 0 saturated heterocycles. The van der Waals surface area contributed by atoms with Gasteiger partial charge in [-0.25, -0.2) is 9.78 Å². The summed E-state index contributed by atoms with van der Waals surface area (Å²) < 4.78 is 5.96. The second kappa shape index (κ2) is 10.6. The molecule has 5 N–H and O–H groups in total. The summed E-state index contributed by atoms with van der Waals surface area (Å²) in [6, 6.07) is 16.1. The number of benzene rings is 2. The minimum absolute atomic E-state index is 0.100. The van der Waals surface area contributed by atoms with Crippen molar-refractivity contribution in [2.75, 3.05) is 16.8 Å². The Bertz CT molecular complexity index is 1620. The number of nitrogens with one attached hydrogen (secondary N) is 3. The van der Waals surface area contributed by atoms with Crippen molar-refractivity contribution in [3.05, 3.63) is 71.2 Å². The van der Waals surface area contributed by atoms with E-state index in [1.807, 2.05) is 55.5 Å². The number of hydrogen-bond acceptors (Lipinski definition) is 7. The molecule has 0 spiro atoms. The average molecular weight is 557 g/mol. The van der Waals surface area contributed by atoms with E-state index in [-0.39, 0.29) is 36.5 Å². The number of rotatable bonds is 7. The molecule has 3 heterocycles. The van der Waals surface area contributed by atoms with Crippen molar-refractivity contribution in [1.82, 2.24) is 15.6 Å². The van der Waals surface area contributed by atoms with Gasteiger partial charge in [-0.15, -0.1) is 11.3 Å². The summed E-state index contributed by atoms with van der Waals surface area (Å²) in [7, 11) is 0. The first-order valence-electron chi connectivity index (χ1n) is 13.1. The highest BCUT2D eigenvalue weighted by molar-refractivity contribution is 7.21. The SMILES string of the molecule is Cc1cc(Oc2ccccc2)ccc1N1C(=O)Nc2c(C(=O)N[C@H]3CCC[C@@H]3NC(=O)CN)sc3nccc1c23. The number of carbonyl (C=O) groups excluding carboxylic acids is 3. The first kappa shape index (κ1) is 25.8. The van der Waals surface area contributed by atoms with E-state index in [2.05, 4.69) is 20.9 Å². The first-order valence-corrected chi connectivity index (χ1v) is 13.9. The number of urea groups is 1. The van der Waals surface area contributed by atoms with Gasteiger partial charge in [-0.2, -0.15) is 0 Å². The van der Waals surface area contributed by atoms with Crippen molar-refractivity contribution in [3.8, 4) is 11.5 Å². The van der Waals surface area contributed by atoms with Crippen molar-refractivity contribution < 1.29 is 19.1 Å². The van der Waals surface area contributed by atoms with Crippen LogP contribution in [0.25, 0.3) is 10.2 Å². The van der Waals surface area contributed by atoms with Crippen LogP contribution < -0.4 is 31.3 Å². The van der Waals surface area contributed by atoms with Crippen molar-refractivity contribution in [1.29, 1.82) is 0 Å². The monoisotopic (exact) mass is 556 g/mol. The van der Waals surface area contributed by atoms with E-state index >= 15 is 0 Å². The Hall–Kier alpha value is -4.48. The largest absolute Gasteiger partial charge is 0.457 e. The van der Waals surface area contributed by atoms with Crippen LogP contribution in [0, 0.1) is 6.92 Å². The van der Waals surface area contributed by atoms with Gasteiger partial charge >= 0.3 is 6.03 Å². The molecule has 2 aromatic carbocycles. The van der Waals surface area contributed by atoms with Crippen molar-refractivity contribution in [2.24, 2.45) is 5.73 Å². The average Bonchev–Trinajstić information content (AvgIpc) is 3.55. The number of anilines is 3. The zero-order valence-corrected chi connectivity index (χ0v) is 22.6. The number of ether oxygens (including phenoxy) is 1. The zero-order chi connectivity index (χ0) is 27.8. The van der Waals surface area contributed by atoms with E-state index in [0.29, 0.717) is 37.9 Å². The third kappa shape index (κ3) is 4.74. The van der Waals surface area contributed by atoms with Gasteiger partial charge in [0, 0.05) is 18.3 Å². The molecule has 6 rings (SSSR count). The molecule has 10 nitrogen and oxygen atoms in total. The fourth-order valence-corrected chi connectivity index (χ4v) is 6.38. The Morgan fingerprint density at radius 2 is 1.85 bits per heavy atom. The maximum Gasteiger partial charge on any atom is 0.331 e. The lowest BCUT2D eigenvalue weighted by Crippen LogP contribution is -2.49. The van der Waals surface area contributed by atoms with Crippen LogP contribution in [-0.4, -0.2) is 41.5 Å². The molecule has 2 aliphatic rings. The van der Waals surface area contributed by atoms with E-state index in [0.717, 1.165) is 30.6 Å². The van der Waals surface area contributed by atoms with Crippen LogP contribution in [0.1, 0.15) is 34.5 Å². The van der Waals surface area contributed by atoms with Crippen molar-refractivity contribution >= 4 is 56.5 Å². The topological polar surface area (TPSA) is 139 Å². The number of nitrogens with two attached hydrogens (primary N) is 1. The minimum Gasteiger partial charge on any atom is -0.457 e. The van der Waals surface area contributed by atoms with Gasteiger partial charge in [-0.3, -0.25) is 14.5 Å². The van der Waals surface area contributed by atoms with Gasteiger partial charge in [0.2, 0.25) is 5.91 Å². The molecule has 1 aliphatic heterocycles. The maximum absolute atomic E-state index is 13.5. The van der Waals surface area contributed by atoms with Gasteiger partial charge < -0.3 is 26.4 Å². The number of para-hydroxylation sites is 1. The predicted molar refractivity (Wildman–Crippen MR) is 155 cm³/mol. The van der Waals surface area contributed by atoms with Crippen LogP contribution in [-0.2, 0) is 4.79 Å². The molecule has 0 bridgehead atoms. The van der Waals surface area contributed by atoms with Gasteiger partial charge in [0.15, 0.2) is 0 Å². The second-order valence-electron chi connectivity index (χ2n) is 9.83. The normalized spacial score (nSPS) is 17.9. The third-order valence-electron chi connectivity index (χ3n) is 7.20. The quantitative estimate of drug-likeness (QED) is 0.258. The van der Waals surface area contributed by atoms with Crippen molar-refractivity contribution in [2.45, 2.75) is 38.3 Å². The van der Waals surface area contributed by atoms with Crippen LogP contribution in [0.15, 0.2) is 60.8 Å². The summed E-state index contributed by atoms with van der Waals surface area (Å²) in [6.45, 7) is 1.82. The molecular weight excluding hydrogens is 528 g/mol. The molecular formula is C29H28N6O4S. The smallest absolute Gasteiger partial charge is 0.331 e. The molecule has 0 radical (unpaired) electrons. The summed E-state index contributed by atoms with van der Waals surface area (Å²) in [5.41, 5.74) is 8.08. The third-order valence-corrected chi connectivity index (χ3v) is 8.30. The highest BCUT2D eigenvalue weighted by Gasteiger charge is 2.35. The van der Waals surface area contributed by atoms with Gasteiger partial charge in [0.05, 0.1) is 29.0 Å². The van der Waals surface area contributed by atoms with Crippen LogP contribution in [0.5, 0.6) is 11.5 Å². The molecule has 4 amide bonds. The Morgan fingerprint density at radius 3 is 2.60 bits per heavy atom. The van der Waals surface area contributed by atoms with E-state index in [4.69, 9.17) is 10.5 Å². The molecule has 11 heteroatoms. The number of pyridine rings is 1. The Labute approximate surface area is 234 Å². The van der Waals surface area contributed by atoms with Gasteiger partial charge in [-0.05, 0) is 68.1 Å². The Kier molecular flexibility index (Phi) is 6.82. The van der Waals surface area contributed by atoms with E-state index in [9.17, 15) is 14.4 Å². The number of aryl methyl sites for hydroxylation is 1. The van der Waals surface area contributed by atoms with Crippen LogP contribution >= 0.6 is 11.3 Å². The molecule has 0 unspecified atom stereocenters. The lowest BCUT2D eigenvalue weighted by atomic mass is 10.1. The molecule has 4 aromatic rings. The number of amides is 4. The zero-order valence-electron chi connectivity index (χ0n) is 21.8. The van der Waals surface area contributed by atoms with E-state index < -0.39 is 0 Å². The number of nitrogens with zero attached hydrogens (tertiary/aromatic N) is 2. The number of aromatic nitrogens is 1. The molecule has 2 atom stereocenters. The summed E-state index contributed by atoms with van der Waals surface area (Å²) in [4.78, 5) is 45.9. The number of hydrogen-bond donors (Lipinski definition) is 4. The Balaban J connectivity index is 1.30. The Morgan fingerprint density at radius 1 is 1.07 bits per heavy atom. The van der Waals surface area contributed by atoms with Crippen LogP contribution in [0.3, 0.4) is 0 Å².